The van der Waals surface area contributed by atoms with Gasteiger partial charge in [-0.1, -0.05) is 41.9 Å². The summed E-state index contributed by atoms with van der Waals surface area (Å²) < 4.78 is 5.55. The molecule has 0 aromatic heterocycles. The summed E-state index contributed by atoms with van der Waals surface area (Å²) >= 11 is 6.14. The SMILES string of the molecule is Oc1ccc(C2=CN3C(C=C2)NC(c2ccc(Cl)cc2)C3CN2CCOCC2)cc1. The number of hydrogen-bond donors (Lipinski definition) is 2. The fraction of sp³-hybridized carbons (Fsp3) is 0.333. The fourth-order valence-corrected chi connectivity index (χ4v) is 4.68. The number of nitrogens with zero attached hydrogens (tertiary/aromatic N) is 2. The molecule has 3 aliphatic rings. The zero-order valence-electron chi connectivity index (χ0n) is 16.7. The van der Waals surface area contributed by atoms with E-state index in [2.05, 4.69) is 45.6 Å². The van der Waals surface area contributed by atoms with Crippen LogP contribution in [0.2, 0.25) is 5.02 Å². The zero-order chi connectivity index (χ0) is 20.5. The molecule has 5 nitrogen and oxygen atoms in total. The summed E-state index contributed by atoms with van der Waals surface area (Å²) in [5, 5.41) is 14.2. The maximum atomic E-state index is 9.63. The van der Waals surface area contributed by atoms with Crippen molar-refractivity contribution in [3.63, 3.8) is 0 Å². The first kappa shape index (κ1) is 19.6. The van der Waals surface area contributed by atoms with Crippen LogP contribution >= 0.6 is 11.6 Å². The van der Waals surface area contributed by atoms with Crippen LogP contribution in [0.1, 0.15) is 17.2 Å². The summed E-state index contributed by atoms with van der Waals surface area (Å²) in [5.41, 5.74) is 3.50. The topological polar surface area (TPSA) is 48.0 Å². The van der Waals surface area contributed by atoms with Crippen molar-refractivity contribution in [2.75, 3.05) is 32.8 Å². The predicted octanol–water partition coefficient (Wildman–Crippen LogP) is 3.63. The Labute approximate surface area is 182 Å². The number of phenols is 1. The van der Waals surface area contributed by atoms with Gasteiger partial charge in [-0.3, -0.25) is 10.2 Å². The Kier molecular flexibility index (Phi) is 5.52. The summed E-state index contributed by atoms with van der Waals surface area (Å²) in [7, 11) is 0. The molecule has 0 spiro atoms. The van der Waals surface area contributed by atoms with Crippen LogP contribution in [0.15, 0.2) is 66.9 Å². The van der Waals surface area contributed by atoms with Crippen LogP contribution in [-0.4, -0.2) is 60.0 Å². The number of fused-ring (bicyclic) bond motifs is 1. The van der Waals surface area contributed by atoms with Crippen LogP contribution in [-0.2, 0) is 4.74 Å². The first-order valence-corrected chi connectivity index (χ1v) is 10.8. The highest BCUT2D eigenvalue weighted by Gasteiger charge is 2.41. The van der Waals surface area contributed by atoms with E-state index in [-0.39, 0.29) is 24.0 Å². The third kappa shape index (κ3) is 3.98. The van der Waals surface area contributed by atoms with Gasteiger partial charge in [-0.05, 0) is 47.0 Å². The number of aromatic hydroxyl groups is 1. The number of ether oxygens (including phenoxy) is 1. The Bertz CT molecular complexity index is 936. The molecule has 0 saturated carbocycles. The molecule has 3 heterocycles. The molecule has 3 atom stereocenters. The van der Waals surface area contributed by atoms with E-state index in [1.165, 1.54) is 5.56 Å². The average molecular weight is 424 g/mol. The maximum absolute atomic E-state index is 9.63. The molecule has 0 amide bonds. The summed E-state index contributed by atoms with van der Waals surface area (Å²) in [6.45, 7) is 4.49. The average Bonchev–Trinajstić information content (AvgIpc) is 3.13. The first-order chi connectivity index (χ1) is 14.7. The van der Waals surface area contributed by atoms with Gasteiger partial charge >= 0.3 is 0 Å². The number of allylic oxidation sites excluding steroid dienone is 2. The summed E-state index contributed by atoms with van der Waals surface area (Å²) in [4.78, 5) is 4.93. The molecule has 2 saturated heterocycles. The molecule has 2 aromatic carbocycles. The van der Waals surface area contributed by atoms with Crippen molar-refractivity contribution < 1.29 is 9.84 Å². The van der Waals surface area contributed by atoms with E-state index in [1.807, 2.05) is 24.3 Å². The van der Waals surface area contributed by atoms with Crippen LogP contribution in [0.25, 0.3) is 5.57 Å². The molecule has 2 fully saturated rings. The monoisotopic (exact) mass is 423 g/mol. The van der Waals surface area contributed by atoms with Crippen LogP contribution < -0.4 is 5.32 Å². The number of halogens is 1. The summed E-state index contributed by atoms with van der Waals surface area (Å²) in [5.74, 6) is 0.285. The highest BCUT2D eigenvalue weighted by molar-refractivity contribution is 6.30. The van der Waals surface area contributed by atoms with Gasteiger partial charge in [0.2, 0.25) is 0 Å². The summed E-state index contributed by atoms with van der Waals surface area (Å²) in [6.07, 6.45) is 6.80. The van der Waals surface area contributed by atoms with Crippen LogP contribution in [0.4, 0.5) is 0 Å². The molecule has 5 rings (SSSR count). The van der Waals surface area contributed by atoms with Crippen LogP contribution in [0.3, 0.4) is 0 Å². The van der Waals surface area contributed by atoms with Crippen molar-refractivity contribution in [3.8, 4) is 5.75 Å². The van der Waals surface area contributed by atoms with Crippen LogP contribution in [0.5, 0.6) is 5.75 Å². The minimum absolute atomic E-state index is 0.151. The number of phenolic OH excluding ortho intramolecular Hbond substituents is 1. The third-order valence-corrected chi connectivity index (χ3v) is 6.42. The molecule has 2 aromatic rings. The molecule has 30 heavy (non-hydrogen) atoms. The number of nitrogens with one attached hydrogen (secondary N) is 1. The smallest absolute Gasteiger partial charge is 0.115 e. The Hall–Kier alpha value is -2.31. The Morgan fingerprint density at radius 3 is 2.50 bits per heavy atom. The largest absolute Gasteiger partial charge is 0.508 e. The van der Waals surface area contributed by atoms with Crippen molar-refractivity contribution in [3.05, 3.63) is 83.0 Å². The summed E-state index contributed by atoms with van der Waals surface area (Å²) in [6, 6.07) is 16.1. The molecular weight excluding hydrogens is 398 g/mol. The lowest BCUT2D eigenvalue weighted by Crippen LogP contribution is -2.46. The second kappa shape index (κ2) is 8.44. The molecule has 156 valence electrons. The number of hydrogen-bond acceptors (Lipinski definition) is 5. The van der Waals surface area contributed by atoms with Crippen LogP contribution in [0, 0.1) is 0 Å². The number of morpholine rings is 1. The third-order valence-electron chi connectivity index (χ3n) is 6.16. The lowest BCUT2D eigenvalue weighted by molar-refractivity contribution is 0.0278. The van der Waals surface area contributed by atoms with Crippen molar-refractivity contribution >= 4 is 17.2 Å². The van der Waals surface area contributed by atoms with E-state index in [9.17, 15) is 5.11 Å². The molecule has 6 heteroatoms. The molecule has 3 unspecified atom stereocenters. The van der Waals surface area contributed by atoms with Crippen molar-refractivity contribution in [2.24, 2.45) is 0 Å². The maximum Gasteiger partial charge on any atom is 0.115 e. The second-order valence-corrected chi connectivity index (χ2v) is 8.50. The van der Waals surface area contributed by atoms with E-state index in [0.717, 1.165) is 49.0 Å². The van der Waals surface area contributed by atoms with E-state index >= 15 is 0 Å². The Morgan fingerprint density at radius 2 is 1.77 bits per heavy atom. The normalized spacial score (nSPS) is 26.5. The minimum atomic E-state index is 0.151. The van der Waals surface area contributed by atoms with E-state index in [4.69, 9.17) is 16.3 Å². The van der Waals surface area contributed by atoms with Crippen molar-refractivity contribution in [2.45, 2.75) is 18.2 Å². The van der Waals surface area contributed by atoms with E-state index < -0.39 is 0 Å². The lowest BCUT2D eigenvalue weighted by Gasteiger charge is -2.36. The van der Waals surface area contributed by atoms with Gasteiger partial charge in [-0.15, -0.1) is 0 Å². The number of benzene rings is 2. The van der Waals surface area contributed by atoms with Gasteiger partial charge < -0.3 is 14.7 Å². The Balaban J connectivity index is 1.46. The zero-order valence-corrected chi connectivity index (χ0v) is 17.5. The van der Waals surface area contributed by atoms with Gasteiger partial charge in [0.25, 0.3) is 0 Å². The standard InChI is InChI=1S/C24H26ClN3O2/c25-20-6-1-18(2-7-20)24-22(16-27-11-13-30-14-12-27)28-15-19(5-10-23(28)26-24)17-3-8-21(29)9-4-17/h1-10,15,22-24,26,29H,11-14,16H2. The highest BCUT2D eigenvalue weighted by Crippen LogP contribution is 2.35. The second-order valence-electron chi connectivity index (χ2n) is 8.06. The molecule has 2 N–H and O–H groups in total. The predicted molar refractivity (Wildman–Crippen MR) is 119 cm³/mol. The number of rotatable bonds is 4. The fourth-order valence-electron chi connectivity index (χ4n) is 4.55. The lowest BCUT2D eigenvalue weighted by atomic mass is 9.98. The molecular formula is C24H26ClN3O2. The van der Waals surface area contributed by atoms with Gasteiger partial charge in [0.05, 0.1) is 31.5 Å². The molecule has 0 radical (unpaired) electrons. The quantitative estimate of drug-likeness (QED) is 0.786. The molecule has 0 aliphatic carbocycles. The van der Waals surface area contributed by atoms with Crippen molar-refractivity contribution in [1.82, 2.24) is 15.1 Å². The van der Waals surface area contributed by atoms with E-state index in [0.29, 0.717) is 0 Å². The minimum Gasteiger partial charge on any atom is -0.508 e. The van der Waals surface area contributed by atoms with Gasteiger partial charge in [-0.25, -0.2) is 0 Å². The highest BCUT2D eigenvalue weighted by atomic mass is 35.5. The van der Waals surface area contributed by atoms with E-state index in [1.54, 1.807) is 12.1 Å². The van der Waals surface area contributed by atoms with Crippen molar-refractivity contribution in [1.29, 1.82) is 0 Å². The first-order valence-electron chi connectivity index (χ1n) is 10.5. The van der Waals surface area contributed by atoms with Gasteiger partial charge in [-0.2, -0.15) is 0 Å². The van der Waals surface area contributed by atoms with Gasteiger partial charge in [0, 0.05) is 30.9 Å². The van der Waals surface area contributed by atoms with Gasteiger partial charge in [0.15, 0.2) is 0 Å². The Morgan fingerprint density at radius 1 is 1.03 bits per heavy atom. The molecule has 0 bridgehead atoms. The molecule has 3 aliphatic heterocycles. The van der Waals surface area contributed by atoms with Gasteiger partial charge in [0.1, 0.15) is 5.75 Å².